The lowest BCUT2D eigenvalue weighted by molar-refractivity contribution is -0.141. The van der Waals surface area contributed by atoms with Crippen LogP contribution in [0, 0.1) is 12.8 Å². The van der Waals surface area contributed by atoms with Crippen LogP contribution < -0.4 is 10.2 Å². The number of sulfonamides is 1. The van der Waals surface area contributed by atoms with Crippen molar-refractivity contribution in [2.24, 2.45) is 5.92 Å². The summed E-state index contributed by atoms with van der Waals surface area (Å²) in [7, 11) is -3.23. The minimum absolute atomic E-state index is 0.0632. The first-order valence-electron chi connectivity index (χ1n) is 9.87. The zero-order valence-corrected chi connectivity index (χ0v) is 17.8. The summed E-state index contributed by atoms with van der Waals surface area (Å²) in [4.78, 5) is 21.9. The molecular weight excluding hydrogens is 423 g/mol. The van der Waals surface area contributed by atoms with Gasteiger partial charge in [-0.2, -0.15) is 13.2 Å². The highest BCUT2D eigenvalue weighted by molar-refractivity contribution is 7.88. The van der Waals surface area contributed by atoms with Gasteiger partial charge in [0.1, 0.15) is 17.3 Å². The number of hydrogen-bond acceptors (Lipinski definition) is 6. The van der Waals surface area contributed by atoms with E-state index in [1.165, 1.54) is 11.2 Å². The van der Waals surface area contributed by atoms with Crippen LogP contribution in [0.4, 0.5) is 19.0 Å². The van der Waals surface area contributed by atoms with Gasteiger partial charge >= 0.3 is 6.18 Å². The number of hydrogen-bond donors (Lipinski definition) is 1. The minimum atomic E-state index is -4.53. The second-order valence-electron chi connectivity index (χ2n) is 7.86. The molecule has 168 valence electrons. The second-order valence-corrected chi connectivity index (χ2v) is 9.85. The first kappa shape index (κ1) is 22.7. The van der Waals surface area contributed by atoms with Crippen molar-refractivity contribution < 1.29 is 26.4 Å². The Balaban J connectivity index is 1.52. The van der Waals surface area contributed by atoms with Gasteiger partial charge in [-0.25, -0.2) is 22.7 Å². The van der Waals surface area contributed by atoms with Crippen LogP contribution in [-0.4, -0.2) is 67.1 Å². The van der Waals surface area contributed by atoms with Gasteiger partial charge in [-0.3, -0.25) is 4.79 Å². The fourth-order valence-electron chi connectivity index (χ4n) is 3.88. The van der Waals surface area contributed by atoms with Crippen molar-refractivity contribution in [2.75, 3.05) is 37.3 Å². The third-order valence-corrected chi connectivity index (χ3v) is 6.88. The first-order chi connectivity index (χ1) is 13.9. The Morgan fingerprint density at radius 3 is 2.23 bits per heavy atom. The molecule has 0 spiro atoms. The van der Waals surface area contributed by atoms with E-state index in [1.807, 2.05) is 0 Å². The summed E-state index contributed by atoms with van der Waals surface area (Å²) in [5, 5.41) is 3.01. The van der Waals surface area contributed by atoms with Gasteiger partial charge in [0.25, 0.3) is 0 Å². The first-order valence-corrected chi connectivity index (χ1v) is 11.7. The summed E-state index contributed by atoms with van der Waals surface area (Å²) in [5.41, 5.74) is -0.958. The third kappa shape index (κ3) is 5.60. The maximum atomic E-state index is 13.0. The van der Waals surface area contributed by atoms with Gasteiger partial charge in [-0.1, -0.05) is 0 Å². The van der Waals surface area contributed by atoms with Crippen molar-refractivity contribution in [1.29, 1.82) is 0 Å². The molecule has 0 aliphatic carbocycles. The molecule has 2 saturated heterocycles. The lowest BCUT2D eigenvalue weighted by Gasteiger charge is -2.35. The number of rotatable bonds is 4. The second kappa shape index (κ2) is 8.66. The van der Waals surface area contributed by atoms with Crippen molar-refractivity contribution in [3.63, 3.8) is 0 Å². The maximum absolute atomic E-state index is 13.0. The summed E-state index contributed by atoms with van der Waals surface area (Å²) in [5.74, 6) is 0.00200. The van der Waals surface area contributed by atoms with Crippen LogP contribution in [0.5, 0.6) is 0 Å². The monoisotopic (exact) mass is 449 g/mol. The topological polar surface area (TPSA) is 95.5 Å². The van der Waals surface area contributed by atoms with E-state index < -0.39 is 21.9 Å². The number of halogens is 3. The van der Waals surface area contributed by atoms with E-state index in [2.05, 4.69) is 15.3 Å². The van der Waals surface area contributed by atoms with Crippen molar-refractivity contribution >= 4 is 21.7 Å². The Kier molecular flexibility index (Phi) is 6.56. The molecule has 2 aliphatic rings. The van der Waals surface area contributed by atoms with E-state index in [0.29, 0.717) is 51.9 Å². The number of amides is 1. The van der Waals surface area contributed by atoms with E-state index in [4.69, 9.17) is 0 Å². The van der Waals surface area contributed by atoms with E-state index in [-0.39, 0.29) is 29.5 Å². The molecule has 0 unspecified atom stereocenters. The molecule has 1 aromatic rings. The van der Waals surface area contributed by atoms with Crippen LogP contribution in [0.15, 0.2) is 6.07 Å². The summed E-state index contributed by atoms with van der Waals surface area (Å²) in [6, 6.07) is 0.897. The Hall–Kier alpha value is -1.95. The van der Waals surface area contributed by atoms with E-state index >= 15 is 0 Å². The zero-order valence-electron chi connectivity index (χ0n) is 16.9. The third-order valence-electron chi connectivity index (χ3n) is 5.57. The van der Waals surface area contributed by atoms with E-state index in [0.717, 1.165) is 12.3 Å². The number of nitrogens with zero attached hydrogens (tertiary/aromatic N) is 4. The average Bonchev–Trinajstić information content (AvgIpc) is 2.67. The van der Waals surface area contributed by atoms with Crippen LogP contribution in [0.1, 0.15) is 37.2 Å². The van der Waals surface area contributed by atoms with Crippen LogP contribution in [0.2, 0.25) is 0 Å². The number of anilines is 1. The van der Waals surface area contributed by atoms with Crippen LogP contribution in [0.3, 0.4) is 0 Å². The van der Waals surface area contributed by atoms with Crippen molar-refractivity contribution in [2.45, 2.75) is 44.8 Å². The Labute approximate surface area is 173 Å². The van der Waals surface area contributed by atoms with Gasteiger partial charge in [-0.15, -0.1) is 0 Å². The average molecular weight is 449 g/mol. The molecular formula is C18H26F3N5O3S. The van der Waals surface area contributed by atoms with Crippen molar-refractivity contribution in [3.8, 4) is 0 Å². The smallest absolute Gasteiger partial charge is 0.356 e. The molecule has 2 aliphatic heterocycles. The molecule has 8 nitrogen and oxygen atoms in total. The minimum Gasteiger partial charge on any atom is -0.356 e. The number of carbonyl (C=O) groups excluding carboxylic acids is 1. The number of aromatic nitrogens is 2. The molecule has 0 radical (unpaired) electrons. The molecule has 1 N–H and O–H groups in total. The molecule has 30 heavy (non-hydrogen) atoms. The van der Waals surface area contributed by atoms with Gasteiger partial charge in [0.15, 0.2) is 0 Å². The standard InChI is InChI=1S/C18H26F3N5O3S/c1-12-22-15(18(19,20)21)11-16(23-12)25-7-5-14(6-8-25)24-17(27)13-3-9-26(10-4-13)30(2,28)29/h11,13-14H,3-10H2,1-2H3,(H,24,27). The molecule has 1 aromatic heterocycles. The predicted molar refractivity (Wildman–Crippen MR) is 104 cm³/mol. The van der Waals surface area contributed by atoms with E-state index in [9.17, 15) is 26.4 Å². The highest BCUT2D eigenvalue weighted by atomic mass is 32.2. The van der Waals surface area contributed by atoms with Gasteiger partial charge < -0.3 is 10.2 Å². The number of piperidine rings is 2. The molecule has 12 heteroatoms. The molecule has 0 atom stereocenters. The maximum Gasteiger partial charge on any atom is 0.433 e. The largest absolute Gasteiger partial charge is 0.433 e. The predicted octanol–water partition coefficient (Wildman–Crippen LogP) is 1.56. The lowest BCUT2D eigenvalue weighted by atomic mass is 9.96. The van der Waals surface area contributed by atoms with Crippen LogP contribution in [0.25, 0.3) is 0 Å². The molecule has 3 rings (SSSR count). The summed E-state index contributed by atoms with van der Waals surface area (Å²) >= 11 is 0. The number of aryl methyl sites for hydroxylation is 1. The molecule has 1 amide bonds. The lowest BCUT2D eigenvalue weighted by Crippen LogP contribution is -2.48. The quantitative estimate of drug-likeness (QED) is 0.750. The molecule has 2 fully saturated rings. The van der Waals surface area contributed by atoms with Crippen LogP contribution >= 0.6 is 0 Å². The van der Waals surface area contributed by atoms with Crippen LogP contribution in [-0.2, 0) is 21.0 Å². The molecule has 0 bridgehead atoms. The van der Waals surface area contributed by atoms with E-state index in [1.54, 1.807) is 4.90 Å². The summed E-state index contributed by atoms with van der Waals surface area (Å²) in [6.07, 6.45) is -1.20. The Bertz CT molecular complexity index is 878. The summed E-state index contributed by atoms with van der Waals surface area (Å²) in [6.45, 7) is 3.06. The number of alkyl halides is 3. The Morgan fingerprint density at radius 1 is 1.10 bits per heavy atom. The molecule has 3 heterocycles. The van der Waals surface area contributed by atoms with Gasteiger partial charge in [0.05, 0.1) is 6.26 Å². The SMILES string of the molecule is Cc1nc(N2CCC(NC(=O)C3CCN(S(C)(=O)=O)CC3)CC2)cc(C(F)(F)F)n1. The number of nitrogens with one attached hydrogen (secondary N) is 1. The summed E-state index contributed by atoms with van der Waals surface area (Å²) < 4.78 is 63.5. The van der Waals surface area contributed by atoms with Gasteiger partial charge in [-0.05, 0) is 32.6 Å². The van der Waals surface area contributed by atoms with Crippen molar-refractivity contribution in [1.82, 2.24) is 19.6 Å². The molecule has 0 aromatic carbocycles. The Morgan fingerprint density at radius 2 is 1.70 bits per heavy atom. The number of carbonyl (C=O) groups is 1. The van der Waals surface area contributed by atoms with Gasteiger partial charge in [0.2, 0.25) is 15.9 Å². The van der Waals surface area contributed by atoms with Crippen molar-refractivity contribution in [3.05, 3.63) is 17.6 Å². The highest BCUT2D eigenvalue weighted by Crippen LogP contribution is 2.30. The fourth-order valence-corrected chi connectivity index (χ4v) is 4.75. The fraction of sp³-hybridized carbons (Fsp3) is 0.722. The highest BCUT2D eigenvalue weighted by Gasteiger charge is 2.35. The normalized spacial score (nSPS) is 20.4. The zero-order chi connectivity index (χ0) is 22.1. The molecule has 0 saturated carbocycles. The van der Waals surface area contributed by atoms with Gasteiger partial charge in [0, 0.05) is 44.2 Å².